The Bertz CT molecular complexity index is 8.00. The molecule has 0 aromatic heterocycles. The molecule has 0 spiro atoms. The van der Waals surface area contributed by atoms with E-state index in [-0.39, 0.29) is 27.3 Å². The van der Waals surface area contributed by atoms with E-state index in [2.05, 4.69) is 20.1 Å². The summed E-state index contributed by atoms with van der Waals surface area (Å²) in [5.41, 5.74) is 0. The molecule has 0 aliphatic heterocycles. The first kappa shape index (κ1) is 9.03. The summed E-state index contributed by atoms with van der Waals surface area (Å²) in [4.78, 5) is 0. The molecule has 3 heteroatoms. The minimum atomic E-state index is 0. The number of rotatable bonds is 0. The van der Waals surface area contributed by atoms with Gasteiger partial charge >= 0.3 is 27.3 Å². The van der Waals surface area contributed by atoms with Crippen LogP contribution in [0, 0.1) is 0 Å². The maximum absolute atomic E-state index is 4.06. The molecule has 0 atom stereocenters. The van der Waals surface area contributed by atoms with Crippen molar-refractivity contribution >= 4 is 43.6 Å². The quantitative estimate of drug-likeness (QED) is 0.572. The zero-order valence-electron chi connectivity index (χ0n) is 2.49. The molecule has 1 nitrogen and oxygen atoms in total. The van der Waals surface area contributed by atoms with Crippen molar-refractivity contribution in [2.45, 2.75) is 0 Å². The van der Waals surface area contributed by atoms with E-state index < -0.39 is 0 Å². The zero-order valence-corrected chi connectivity index (χ0v) is 9.58. The summed E-state index contributed by atoms with van der Waals surface area (Å²) < 4.78 is 4.06. The third-order valence-electron chi connectivity index (χ3n) is 0. The molecule has 0 rings (SSSR count). The van der Waals surface area contributed by atoms with Crippen molar-refractivity contribution in [3.63, 3.8) is 0 Å². The van der Waals surface area contributed by atoms with Crippen molar-refractivity contribution in [1.29, 1.82) is 0 Å². The molecule has 0 aliphatic rings. The molecule has 0 unspecified atom stereocenters. The second kappa shape index (κ2) is 8.84. The van der Waals surface area contributed by atoms with Crippen molar-refractivity contribution in [2.75, 3.05) is 7.11 Å². The van der Waals surface area contributed by atoms with Crippen LogP contribution in [-0.4, -0.2) is 34.4 Å². The van der Waals surface area contributed by atoms with Gasteiger partial charge in [0, 0.05) is 0 Å². The molecule has 26 valence electrons. The van der Waals surface area contributed by atoms with Crippen LogP contribution in [-0.2, 0) is 3.83 Å². The van der Waals surface area contributed by atoms with Gasteiger partial charge in [-0.3, -0.25) is 0 Å². The molecule has 0 aromatic carbocycles. The van der Waals surface area contributed by atoms with Crippen LogP contribution in [0.5, 0.6) is 0 Å². The Morgan fingerprint density at radius 1 is 1.75 bits per heavy atom. The fourth-order valence-electron chi connectivity index (χ4n) is 0. The van der Waals surface area contributed by atoms with Gasteiger partial charge in [-0.25, -0.2) is 0 Å². The predicted octanol–water partition coefficient (Wildman–Crippen LogP) is 0.0265. The summed E-state index contributed by atoms with van der Waals surface area (Å²) >= 11 is 2.65. The van der Waals surface area contributed by atoms with Gasteiger partial charge in [-0.1, -0.05) is 0 Å². The van der Waals surface area contributed by atoms with Crippen molar-refractivity contribution in [1.82, 2.24) is 0 Å². The van der Waals surface area contributed by atoms with E-state index in [0.29, 0.717) is 0 Å². The first-order chi connectivity index (χ1) is 1.41. The molecule has 0 aromatic rings. The molecule has 0 saturated heterocycles. The summed E-state index contributed by atoms with van der Waals surface area (Å²) in [5, 5.41) is 0. The molecule has 4 heavy (non-hydrogen) atoms. The fraction of sp³-hybridized carbons (Fsp3) is 1.00. The van der Waals surface area contributed by atoms with E-state index in [1.807, 2.05) is 0 Å². The van der Waals surface area contributed by atoms with Gasteiger partial charge < -0.3 is 3.83 Å². The normalized spacial score (nSPS) is 4.50. The Kier molecular flexibility index (Phi) is 19.9. The van der Waals surface area contributed by atoms with Gasteiger partial charge in [0.05, 0.1) is 23.4 Å². The first-order valence-corrected chi connectivity index (χ1v) is 1.21. The molecule has 2 radical (unpaired) electrons. The Balaban J connectivity index is 0. The molecular formula is CH5BrOPb. The first-order valence-electron chi connectivity index (χ1n) is 0.563. The standard InChI is InChI=1S/CH3BrO.Pb.2H/c1-3-2;;;/h1H3;;;. The van der Waals surface area contributed by atoms with Crippen LogP contribution in [0.2, 0.25) is 0 Å². The zero-order chi connectivity index (χ0) is 2.71. The molecule has 0 aliphatic carbocycles. The Morgan fingerprint density at radius 3 is 1.75 bits per heavy atom. The van der Waals surface area contributed by atoms with E-state index in [4.69, 9.17) is 0 Å². The second-order valence-electron chi connectivity index (χ2n) is 0.154. The number of hydrogen-bond donors (Lipinski definition) is 0. The fourth-order valence-corrected chi connectivity index (χ4v) is 0. The molecule has 0 N–H and O–H groups in total. The van der Waals surface area contributed by atoms with E-state index in [1.165, 1.54) is 0 Å². The molecule has 0 saturated carbocycles. The van der Waals surface area contributed by atoms with E-state index in [0.717, 1.165) is 0 Å². The van der Waals surface area contributed by atoms with Crippen molar-refractivity contribution in [3.05, 3.63) is 0 Å². The average molecular weight is 320 g/mol. The topological polar surface area (TPSA) is 9.23 Å². The van der Waals surface area contributed by atoms with Crippen molar-refractivity contribution < 1.29 is 3.83 Å². The van der Waals surface area contributed by atoms with Crippen LogP contribution in [0.4, 0.5) is 0 Å². The Hall–Kier alpha value is 1.36. The monoisotopic (exact) mass is 320 g/mol. The predicted molar refractivity (Wildman–Crippen MR) is 24.5 cm³/mol. The van der Waals surface area contributed by atoms with Crippen LogP contribution in [0.1, 0.15) is 0 Å². The maximum atomic E-state index is 4.06. The summed E-state index contributed by atoms with van der Waals surface area (Å²) in [6, 6.07) is 0. The summed E-state index contributed by atoms with van der Waals surface area (Å²) in [6.45, 7) is 0. The van der Waals surface area contributed by atoms with Crippen LogP contribution in [0.25, 0.3) is 0 Å². The second-order valence-corrected chi connectivity index (χ2v) is 0.802. The molecule has 0 bridgehead atoms. The SMILES string of the molecule is COBr.[PbH2]. The molecular weight excluding hydrogens is 315 g/mol. The number of hydrogen-bond acceptors (Lipinski definition) is 1. The summed E-state index contributed by atoms with van der Waals surface area (Å²) in [5.74, 6) is 0. The average Bonchev–Trinajstić information content (AvgIpc) is 0.918. The van der Waals surface area contributed by atoms with Gasteiger partial charge in [0.2, 0.25) is 0 Å². The molecule has 0 heterocycles. The van der Waals surface area contributed by atoms with Crippen LogP contribution >= 0.6 is 16.3 Å². The van der Waals surface area contributed by atoms with Crippen LogP contribution in [0.3, 0.4) is 0 Å². The molecule has 0 fully saturated rings. The van der Waals surface area contributed by atoms with Crippen molar-refractivity contribution in [3.8, 4) is 0 Å². The van der Waals surface area contributed by atoms with E-state index in [9.17, 15) is 0 Å². The van der Waals surface area contributed by atoms with Crippen LogP contribution in [0.15, 0.2) is 0 Å². The van der Waals surface area contributed by atoms with Gasteiger partial charge in [-0.2, -0.15) is 0 Å². The van der Waals surface area contributed by atoms with E-state index in [1.54, 1.807) is 7.11 Å². The number of halogens is 1. The Morgan fingerprint density at radius 2 is 1.75 bits per heavy atom. The summed E-state index contributed by atoms with van der Waals surface area (Å²) in [7, 11) is 1.54. The van der Waals surface area contributed by atoms with Crippen molar-refractivity contribution in [2.24, 2.45) is 0 Å². The van der Waals surface area contributed by atoms with Gasteiger partial charge in [-0.05, 0) is 0 Å². The van der Waals surface area contributed by atoms with Gasteiger partial charge in [0.15, 0.2) is 0 Å². The van der Waals surface area contributed by atoms with Gasteiger partial charge in [0.25, 0.3) is 0 Å². The third-order valence-corrected chi connectivity index (χ3v) is 0. The van der Waals surface area contributed by atoms with Gasteiger partial charge in [-0.15, -0.1) is 0 Å². The third kappa shape index (κ3) is 10.1. The summed E-state index contributed by atoms with van der Waals surface area (Å²) in [6.07, 6.45) is 0. The van der Waals surface area contributed by atoms with Gasteiger partial charge in [0.1, 0.15) is 0 Å². The minimum absolute atomic E-state index is 0. The van der Waals surface area contributed by atoms with E-state index >= 15 is 0 Å². The molecule has 0 amide bonds. The van der Waals surface area contributed by atoms with Crippen LogP contribution < -0.4 is 0 Å². The Labute approximate surface area is 54.3 Å².